The molecule has 0 aromatic rings. The van der Waals surface area contributed by atoms with E-state index in [1.54, 1.807) is 0 Å². The van der Waals surface area contributed by atoms with Crippen molar-refractivity contribution in [2.24, 2.45) is 0 Å². The number of amides is 2. The minimum absolute atomic E-state index is 0.0785. The Hall–Kier alpha value is -0.820. The molecule has 0 aromatic carbocycles. The lowest BCUT2D eigenvalue weighted by molar-refractivity contribution is 0.196. The molecule has 0 saturated carbocycles. The molecule has 0 atom stereocenters. The molecule has 1 heterocycles. The number of carbonyl (C=O) groups is 1. The standard InChI is InChI=1S/C7H15N3O3S/c1-2-14(12,13)9-7(11)10-5-3-8-4-6-10/h8H,2-6H2,1H3,(H,9,11). The van der Waals surface area contributed by atoms with E-state index in [4.69, 9.17) is 0 Å². The highest BCUT2D eigenvalue weighted by molar-refractivity contribution is 7.90. The largest absolute Gasteiger partial charge is 0.331 e. The van der Waals surface area contributed by atoms with Crippen molar-refractivity contribution < 1.29 is 13.2 Å². The van der Waals surface area contributed by atoms with Gasteiger partial charge in [-0.2, -0.15) is 0 Å². The van der Waals surface area contributed by atoms with Gasteiger partial charge in [0.1, 0.15) is 0 Å². The van der Waals surface area contributed by atoms with Crippen LogP contribution in [0, 0.1) is 0 Å². The van der Waals surface area contributed by atoms with E-state index < -0.39 is 16.1 Å². The molecule has 2 N–H and O–H groups in total. The second-order valence-electron chi connectivity index (χ2n) is 3.05. The third-order valence-corrected chi connectivity index (χ3v) is 3.27. The zero-order chi connectivity index (χ0) is 10.6. The maximum atomic E-state index is 11.4. The Morgan fingerprint density at radius 1 is 1.43 bits per heavy atom. The first-order valence-corrected chi connectivity index (χ1v) is 6.20. The van der Waals surface area contributed by atoms with Gasteiger partial charge in [0.2, 0.25) is 10.0 Å². The molecule has 0 bridgehead atoms. The van der Waals surface area contributed by atoms with Crippen LogP contribution in [-0.2, 0) is 10.0 Å². The van der Waals surface area contributed by atoms with Gasteiger partial charge in [0.15, 0.2) is 0 Å². The Kier molecular flexibility index (Phi) is 3.70. The monoisotopic (exact) mass is 221 g/mol. The molecule has 1 aliphatic heterocycles. The number of piperazine rings is 1. The van der Waals surface area contributed by atoms with Gasteiger partial charge in [-0.05, 0) is 6.92 Å². The van der Waals surface area contributed by atoms with Gasteiger partial charge in [0, 0.05) is 26.2 Å². The van der Waals surface area contributed by atoms with E-state index in [1.807, 2.05) is 4.72 Å². The van der Waals surface area contributed by atoms with Crippen LogP contribution in [0.2, 0.25) is 0 Å². The van der Waals surface area contributed by atoms with Gasteiger partial charge in [-0.3, -0.25) is 0 Å². The number of nitrogens with zero attached hydrogens (tertiary/aromatic N) is 1. The first-order chi connectivity index (χ1) is 6.55. The Morgan fingerprint density at radius 2 is 2.00 bits per heavy atom. The van der Waals surface area contributed by atoms with Gasteiger partial charge in [-0.25, -0.2) is 17.9 Å². The molecule has 0 spiro atoms. The van der Waals surface area contributed by atoms with Crippen LogP contribution in [0.25, 0.3) is 0 Å². The first-order valence-electron chi connectivity index (χ1n) is 4.55. The molecule has 0 unspecified atom stereocenters. The fraction of sp³-hybridized carbons (Fsp3) is 0.857. The molecular weight excluding hydrogens is 206 g/mol. The van der Waals surface area contributed by atoms with E-state index in [9.17, 15) is 13.2 Å². The molecule has 0 aliphatic carbocycles. The summed E-state index contributed by atoms with van der Waals surface area (Å²) >= 11 is 0. The second-order valence-corrected chi connectivity index (χ2v) is 5.06. The number of carbonyl (C=O) groups excluding carboxylic acids is 1. The van der Waals surface area contributed by atoms with Gasteiger partial charge in [0.25, 0.3) is 0 Å². The molecule has 1 saturated heterocycles. The highest BCUT2D eigenvalue weighted by Gasteiger charge is 2.19. The first kappa shape index (κ1) is 11.3. The molecule has 82 valence electrons. The van der Waals surface area contributed by atoms with Crippen LogP contribution in [-0.4, -0.2) is 51.3 Å². The summed E-state index contributed by atoms with van der Waals surface area (Å²) in [7, 11) is -3.43. The van der Waals surface area contributed by atoms with Crippen molar-refractivity contribution in [1.82, 2.24) is 14.9 Å². The SMILES string of the molecule is CCS(=O)(=O)NC(=O)N1CCNCC1. The quantitative estimate of drug-likeness (QED) is 0.624. The zero-order valence-corrected chi connectivity index (χ0v) is 8.93. The maximum absolute atomic E-state index is 11.4. The van der Waals surface area contributed by atoms with E-state index in [1.165, 1.54) is 11.8 Å². The number of hydrogen-bond donors (Lipinski definition) is 2. The summed E-state index contributed by atoms with van der Waals surface area (Å²) in [5.41, 5.74) is 0. The van der Waals surface area contributed by atoms with Gasteiger partial charge in [-0.15, -0.1) is 0 Å². The minimum atomic E-state index is -3.43. The molecule has 1 fully saturated rings. The third-order valence-electron chi connectivity index (χ3n) is 2.03. The van der Waals surface area contributed by atoms with Crippen LogP contribution >= 0.6 is 0 Å². The van der Waals surface area contributed by atoms with E-state index >= 15 is 0 Å². The minimum Gasteiger partial charge on any atom is -0.321 e. The maximum Gasteiger partial charge on any atom is 0.331 e. The molecule has 7 heteroatoms. The van der Waals surface area contributed by atoms with Crippen molar-refractivity contribution in [1.29, 1.82) is 0 Å². The van der Waals surface area contributed by atoms with Crippen LogP contribution in [0.15, 0.2) is 0 Å². The van der Waals surface area contributed by atoms with E-state index in [2.05, 4.69) is 5.32 Å². The third kappa shape index (κ3) is 3.15. The van der Waals surface area contributed by atoms with E-state index in [0.717, 1.165) is 0 Å². The van der Waals surface area contributed by atoms with Gasteiger partial charge < -0.3 is 10.2 Å². The van der Waals surface area contributed by atoms with Crippen LogP contribution in [0.5, 0.6) is 0 Å². The molecule has 0 radical (unpaired) electrons. The zero-order valence-electron chi connectivity index (χ0n) is 8.12. The van der Waals surface area contributed by atoms with Crippen molar-refractivity contribution in [2.75, 3.05) is 31.9 Å². The molecule has 6 nitrogen and oxygen atoms in total. The predicted octanol–water partition coefficient (Wildman–Crippen LogP) is -1.05. The Morgan fingerprint density at radius 3 is 2.50 bits per heavy atom. The summed E-state index contributed by atoms with van der Waals surface area (Å²) in [6.45, 7) is 4.00. The van der Waals surface area contributed by atoms with Crippen LogP contribution < -0.4 is 10.0 Å². The molecule has 2 amide bonds. The second kappa shape index (κ2) is 4.61. The van der Waals surface area contributed by atoms with Gasteiger partial charge in [-0.1, -0.05) is 0 Å². The highest BCUT2D eigenvalue weighted by Crippen LogP contribution is 1.94. The van der Waals surface area contributed by atoms with Crippen LogP contribution in [0.4, 0.5) is 4.79 Å². The lowest BCUT2D eigenvalue weighted by Gasteiger charge is -2.27. The van der Waals surface area contributed by atoms with Crippen molar-refractivity contribution >= 4 is 16.1 Å². The summed E-state index contributed by atoms with van der Waals surface area (Å²) in [6.07, 6.45) is 0. The Bertz CT molecular complexity index is 295. The summed E-state index contributed by atoms with van der Waals surface area (Å²) in [6, 6.07) is -0.520. The van der Waals surface area contributed by atoms with Crippen LogP contribution in [0.1, 0.15) is 6.92 Å². The lowest BCUT2D eigenvalue weighted by Crippen LogP contribution is -2.51. The average molecular weight is 221 g/mol. The summed E-state index contributed by atoms with van der Waals surface area (Å²) in [4.78, 5) is 12.9. The van der Waals surface area contributed by atoms with Crippen LogP contribution in [0.3, 0.4) is 0 Å². The molecule has 0 aromatic heterocycles. The number of hydrogen-bond acceptors (Lipinski definition) is 4. The van der Waals surface area contributed by atoms with Crippen molar-refractivity contribution in [3.63, 3.8) is 0 Å². The number of sulfonamides is 1. The topological polar surface area (TPSA) is 78.5 Å². The highest BCUT2D eigenvalue weighted by atomic mass is 32.2. The number of urea groups is 1. The molecule has 14 heavy (non-hydrogen) atoms. The van der Waals surface area contributed by atoms with E-state index in [-0.39, 0.29) is 5.75 Å². The normalized spacial score (nSPS) is 17.9. The fourth-order valence-corrected chi connectivity index (χ4v) is 1.68. The van der Waals surface area contributed by atoms with Gasteiger partial charge in [0.05, 0.1) is 5.75 Å². The van der Waals surface area contributed by atoms with Crippen molar-refractivity contribution in [3.8, 4) is 0 Å². The molecular formula is C7H15N3O3S. The lowest BCUT2D eigenvalue weighted by atomic mass is 10.4. The number of rotatable bonds is 2. The summed E-state index contributed by atoms with van der Waals surface area (Å²) in [5, 5.41) is 3.08. The smallest absolute Gasteiger partial charge is 0.321 e. The fourth-order valence-electron chi connectivity index (χ4n) is 1.14. The average Bonchev–Trinajstić information content (AvgIpc) is 2.19. The van der Waals surface area contributed by atoms with E-state index in [0.29, 0.717) is 26.2 Å². The predicted molar refractivity (Wildman–Crippen MR) is 52.4 cm³/mol. The van der Waals surface area contributed by atoms with Gasteiger partial charge >= 0.3 is 6.03 Å². The number of nitrogens with one attached hydrogen (secondary N) is 2. The van der Waals surface area contributed by atoms with Crippen molar-refractivity contribution in [3.05, 3.63) is 0 Å². The molecule has 1 aliphatic rings. The summed E-state index contributed by atoms with van der Waals surface area (Å²) < 4.78 is 24.2. The summed E-state index contributed by atoms with van der Waals surface area (Å²) in [5.74, 6) is -0.0785. The molecule has 1 rings (SSSR count). The Balaban J connectivity index is 2.49. The van der Waals surface area contributed by atoms with Crippen molar-refractivity contribution in [2.45, 2.75) is 6.92 Å². The Labute approximate surface area is 83.7 Å².